The lowest BCUT2D eigenvalue weighted by Gasteiger charge is -2.38. The van der Waals surface area contributed by atoms with Crippen LogP contribution in [-0.4, -0.2) is 57.0 Å². The highest BCUT2D eigenvalue weighted by molar-refractivity contribution is 6.74. The number of hydrogen-bond donors (Lipinski definition) is 2. The zero-order valence-corrected chi connectivity index (χ0v) is 20.8. The number of carboxylic acid groups (broad SMARTS) is 1. The van der Waals surface area contributed by atoms with Crippen molar-refractivity contribution < 1.29 is 23.9 Å². The molecule has 0 radical (unpaired) electrons. The fourth-order valence-corrected chi connectivity index (χ4v) is 4.95. The minimum Gasteiger partial charge on any atom is -0.479 e. The third-order valence-corrected chi connectivity index (χ3v) is 11.0. The van der Waals surface area contributed by atoms with Crippen molar-refractivity contribution in [2.45, 2.75) is 63.8 Å². The van der Waals surface area contributed by atoms with Gasteiger partial charge in [0.25, 0.3) is 5.91 Å². The quantitative estimate of drug-likeness (QED) is 0.506. The molecule has 34 heavy (non-hydrogen) atoms. The van der Waals surface area contributed by atoms with Crippen LogP contribution >= 0.6 is 0 Å². The molecule has 0 aliphatic carbocycles. The fourth-order valence-electron chi connectivity index (χ4n) is 3.62. The highest BCUT2D eigenvalue weighted by atomic mass is 28.4. The number of nitrogens with one attached hydrogen (secondary N) is 1. The summed E-state index contributed by atoms with van der Waals surface area (Å²) < 4.78 is 14.0. The second kappa shape index (κ2) is 8.89. The SMILES string of the molecule is CC(C)(C)[Si](C)(C)O[C@@H]1C[C@H](n2cnc3c(NC(=O)c4ccccc4)ncnc32)O[C@@H]1C(=O)O. The Balaban J connectivity index is 1.60. The number of hydrogen-bond acceptors (Lipinski definition) is 7. The normalized spacial score (nSPS) is 21.0. The lowest BCUT2D eigenvalue weighted by atomic mass is 10.2. The van der Waals surface area contributed by atoms with Crippen LogP contribution in [0.4, 0.5) is 5.82 Å². The third kappa shape index (κ3) is 4.59. The topological polar surface area (TPSA) is 128 Å². The molecule has 1 aliphatic rings. The summed E-state index contributed by atoms with van der Waals surface area (Å²) in [5.74, 6) is -1.12. The minimum atomic E-state index is -2.23. The predicted octanol–water partition coefficient (Wildman–Crippen LogP) is 3.84. The number of nitrogens with zero attached hydrogens (tertiary/aromatic N) is 4. The number of carboxylic acids is 1. The average Bonchev–Trinajstić information content (AvgIpc) is 3.38. The van der Waals surface area contributed by atoms with Crippen LogP contribution < -0.4 is 5.32 Å². The van der Waals surface area contributed by atoms with E-state index in [-0.39, 0.29) is 16.8 Å². The van der Waals surface area contributed by atoms with Gasteiger partial charge in [0.2, 0.25) is 0 Å². The summed E-state index contributed by atoms with van der Waals surface area (Å²) in [4.78, 5) is 37.4. The Bertz CT molecular complexity index is 1210. The largest absolute Gasteiger partial charge is 0.479 e. The van der Waals surface area contributed by atoms with Gasteiger partial charge in [-0.05, 0) is 30.3 Å². The van der Waals surface area contributed by atoms with E-state index < -0.39 is 32.7 Å². The van der Waals surface area contributed by atoms with Gasteiger partial charge in [-0.3, -0.25) is 9.36 Å². The number of anilines is 1. The van der Waals surface area contributed by atoms with E-state index >= 15 is 0 Å². The Kier molecular flexibility index (Phi) is 6.27. The number of aromatic nitrogens is 4. The molecule has 3 atom stereocenters. The summed E-state index contributed by atoms with van der Waals surface area (Å²) in [5.41, 5.74) is 1.30. The van der Waals surface area contributed by atoms with Gasteiger partial charge in [-0.2, -0.15) is 0 Å². The molecule has 3 heterocycles. The average molecular weight is 484 g/mol. The van der Waals surface area contributed by atoms with E-state index in [1.807, 2.05) is 6.07 Å². The van der Waals surface area contributed by atoms with E-state index in [1.165, 1.54) is 12.7 Å². The van der Waals surface area contributed by atoms with Gasteiger partial charge < -0.3 is 19.6 Å². The van der Waals surface area contributed by atoms with E-state index in [1.54, 1.807) is 28.8 Å². The second-order valence-electron chi connectivity index (χ2n) is 9.87. The van der Waals surface area contributed by atoms with Gasteiger partial charge in [-0.15, -0.1) is 0 Å². The Morgan fingerprint density at radius 3 is 2.53 bits per heavy atom. The smallest absolute Gasteiger partial charge is 0.335 e. The molecule has 180 valence electrons. The molecule has 1 aromatic carbocycles. The fraction of sp³-hybridized carbons (Fsp3) is 0.435. The molecule has 2 N–H and O–H groups in total. The second-order valence-corrected chi connectivity index (χ2v) is 14.6. The zero-order valence-electron chi connectivity index (χ0n) is 19.8. The van der Waals surface area contributed by atoms with Crippen molar-refractivity contribution in [3.8, 4) is 0 Å². The van der Waals surface area contributed by atoms with Crippen LogP contribution in [0.15, 0.2) is 43.0 Å². The number of fused-ring (bicyclic) bond motifs is 1. The molecule has 1 fully saturated rings. The molecular formula is C23H29N5O5Si. The van der Waals surface area contributed by atoms with Crippen molar-refractivity contribution in [3.05, 3.63) is 48.5 Å². The molecule has 0 unspecified atom stereocenters. The molecule has 4 rings (SSSR count). The third-order valence-electron chi connectivity index (χ3n) is 6.51. The molecule has 11 heteroatoms. The summed E-state index contributed by atoms with van der Waals surface area (Å²) in [7, 11) is -2.23. The molecule has 0 saturated carbocycles. The first-order chi connectivity index (χ1) is 16.0. The van der Waals surface area contributed by atoms with Gasteiger partial charge in [-0.1, -0.05) is 39.0 Å². The molecule has 10 nitrogen and oxygen atoms in total. The first kappa shape index (κ1) is 24.0. The predicted molar refractivity (Wildman–Crippen MR) is 128 cm³/mol. The summed E-state index contributed by atoms with van der Waals surface area (Å²) in [6.07, 6.45) is 0.860. The van der Waals surface area contributed by atoms with E-state index in [4.69, 9.17) is 9.16 Å². The molecule has 3 aromatic rings. The van der Waals surface area contributed by atoms with Crippen molar-refractivity contribution in [1.29, 1.82) is 0 Å². The van der Waals surface area contributed by atoms with Crippen LogP contribution in [0.2, 0.25) is 18.1 Å². The van der Waals surface area contributed by atoms with Gasteiger partial charge in [-0.25, -0.2) is 19.7 Å². The lowest BCUT2D eigenvalue weighted by molar-refractivity contribution is -0.154. The Morgan fingerprint density at radius 2 is 1.88 bits per heavy atom. The Morgan fingerprint density at radius 1 is 1.18 bits per heavy atom. The van der Waals surface area contributed by atoms with Crippen molar-refractivity contribution in [1.82, 2.24) is 19.5 Å². The van der Waals surface area contributed by atoms with Crippen molar-refractivity contribution in [2.75, 3.05) is 5.32 Å². The summed E-state index contributed by atoms with van der Waals surface area (Å²) in [6.45, 7) is 10.5. The molecule has 0 spiro atoms. The van der Waals surface area contributed by atoms with Crippen LogP contribution in [0.1, 0.15) is 43.8 Å². The highest BCUT2D eigenvalue weighted by Gasteiger charge is 2.47. The molecule has 1 amide bonds. The number of carbonyl (C=O) groups excluding carboxylic acids is 1. The Hall–Kier alpha value is -3.15. The standard InChI is InChI=1S/C23H29N5O5Si/c1-23(2,3)34(4,5)33-15-11-16(32-18(15)22(30)31)28-13-26-17-19(24-12-25-20(17)28)27-21(29)14-9-7-6-8-10-14/h6-10,12-13,15-16,18H,11H2,1-5H3,(H,30,31)(H,24,25,27,29)/t15-,16-,18+/m1/s1. The van der Waals surface area contributed by atoms with Gasteiger partial charge in [0, 0.05) is 12.0 Å². The van der Waals surface area contributed by atoms with Crippen LogP contribution in [0.3, 0.4) is 0 Å². The van der Waals surface area contributed by atoms with Crippen molar-refractivity contribution in [2.24, 2.45) is 0 Å². The maximum absolute atomic E-state index is 12.6. The number of benzene rings is 1. The lowest BCUT2D eigenvalue weighted by Crippen LogP contribution is -2.47. The van der Waals surface area contributed by atoms with Gasteiger partial charge in [0.05, 0.1) is 12.4 Å². The van der Waals surface area contributed by atoms with Gasteiger partial charge in [0.15, 0.2) is 31.4 Å². The maximum Gasteiger partial charge on any atom is 0.335 e. The van der Waals surface area contributed by atoms with E-state index in [0.29, 0.717) is 23.1 Å². The number of rotatable bonds is 6. The van der Waals surface area contributed by atoms with Crippen LogP contribution in [0.5, 0.6) is 0 Å². The summed E-state index contributed by atoms with van der Waals surface area (Å²) in [6, 6.07) is 8.78. The number of carbonyl (C=O) groups is 2. The van der Waals surface area contributed by atoms with E-state index in [9.17, 15) is 14.7 Å². The van der Waals surface area contributed by atoms with Crippen LogP contribution in [0, 0.1) is 0 Å². The summed E-state index contributed by atoms with van der Waals surface area (Å²) >= 11 is 0. The van der Waals surface area contributed by atoms with E-state index in [2.05, 4.69) is 54.1 Å². The van der Waals surface area contributed by atoms with Crippen molar-refractivity contribution in [3.63, 3.8) is 0 Å². The number of aliphatic carboxylic acids is 1. The van der Waals surface area contributed by atoms with E-state index in [0.717, 1.165) is 0 Å². The first-order valence-corrected chi connectivity index (χ1v) is 14.0. The van der Waals surface area contributed by atoms with Gasteiger partial charge >= 0.3 is 5.97 Å². The molecule has 1 aliphatic heterocycles. The highest BCUT2D eigenvalue weighted by Crippen LogP contribution is 2.41. The molecular weight excluding hydrogens is 454 g/mol. The van der Waals surface area contributed by atoms with Crippen molar-refractivity contribution >= 4 is 37.2 Å². The maximum atomic E-state index is 12.6. The monoisotopic (exact) mass is 483 g/mol. The Labute approximate surface area is 198 Å². The van der Waals surface area contributed by atoms with Crippen LogP contribution in [-0.2, 0) is 14.0 Å². The summed E-state index contributed by atoms with van der Waals surface area (Å²) in [5, 5.41) is 12.5. The van der Waals surface area contributed by atoms with Crippen LogP contribution in [0.25, 0.3) is 11.2 Å². The molecule has 0 bridgehead atoms. The minimum absolute atomic E-state index is 0.0745. The first-order valence-electron chi connectivity index (χ1n) is 11.1. The number of ether oxygens (including phenoxy) is 1. The number of imidazole rings is 1. The molecule has 2 aromatic heterocycles. The van der Waals surface area contributed by atoms with Gasteiger partial charge in [0.1, 0.15) is 12.6 Å². The molecule has 1 saturated heterocycles. The number of amides is 1. The zero-order chi connectivity index (χ0) is 24.7.